The van der Waals surface area contributed by atoms with Gasteiger partial charge in [-0.05, 0) is 55.8 Å². The number of rotatable bonds is 1. The van der Waals surface area contributed by atoms with Gasteiger partial charge in [-0.25, -0.2) is 4.90 Å². The number of carbonyl (C=O) groups is 3. The van der Waals surface area contributed by atoms with Crippen LogP contribution < -0.4 is 10.2 Å². The van der Waals surface area contributed by atoms with Crippen LogP contribution in [-0.2, 0) is 26.1 Å². The molecule has 6 nitrogen and oxygen atoms in total. The maximum atomic E-state index is 13.8. The molecule has 4 aliphatic heterocycles. The summed E-state index contributed by atoms with van der Waals surface area (Å²) in [6.45, 7) is 0.557. The highest BCUT2D eigenvalue weighted by molar-refractivity contribution is 9.10. The summed E-state index contributed by atoms with van der Waals surface area (Å²) in [6, 6.07) is 9.19. The van der Waals surface area contributed by atoms with Gasteiger partial charge in [0.15, 0.2) is 0 Å². The van der Waals surface area contributed by atoms with Crippen LogP contribution in [0.15, 0.2) is 46.9 Å². The average Bonchev–Trinajstić information content (AvgIpc) is 3.46. The quantitative estimate of drug-likeness (QED) is 0.580. The Balaban J connectivity index is 1.53. The number of nitrogens with zero attached hydrogens (tertiary/aromatic N) is 2. The van der Waals surface area contributed by atoms with Gasteiger partial charge in [-0.2, -0.15) is 13.2 Å². The Morgan fingerprint density at radius 2 is 1.85 bits per heavy atom. The molecule has 1 N–H and O–H groups in total. The van der Waals surface area contributed by atoms with E-state index in [1.807, 2.05) is 4.90 Å². The fourth-order valence-corrected chi connectivity index (χ4v) is 6.61. The van der Waals surface area contributed by atoms with E-state index in [4.69, 9.17) is 0 Å². The van der Waals surface area contributed by atoms with Gasteiger partial charge in [-0.3, -0.25) is 19.3 Å². The summed E-state index contributed by atoms with van der Waals surface area (Å²) >= 11 is 3.44. The Kier molecular flexibility index (Phi) is 4.21. The number of anilines is 2. The maximum absolute atomic E-state index is 13.8. The third kappa shape index (κ3) is 2.56. The molecule has 170 valence electrons. The van der Waals surface area contributed by atoms with Gasteiger partial charge in [0.1, 0.15) is 5.54 Å². The van der Waals surface area contributed by atoms with Gasteiger partial charge >= 0.3 is 6.18 Å². The van der Waals surface area contributed by atoms with Crippen LogP contribution in [0.5, 0.6) is 0 Å². The first kappa shape index (κ1) is 20.9. The van der Waals surface area contributed by atoms with E-state index in [9.17, 15) is 27.6 Å². The van der Waals surface area contributed by atoms with Crippen molar-refractivity contribution in [3.05, 3.63) is 58.1 Å². The Morgan fingerprint density at radius 1 is 1.06 bits per heavy atom. The van der Waals surface area contributed by atoms with Crippen molar-refractivity contribution in [2.24, 2.45) is 11.8 Å². The molecule has 3 amide bonds. The van der Waals surface area contributed by atoms with Crippen LogP contribution in [0.3, 0.4) is 0 Å². The van der Waals surface area contributed by atoms with Crippen LogP contribution in [0.4, 0.5) is 24.5 Å². The highest BCUT2D eigenvalue weighted by Crippen LogP contribution is 2.61. The maximum Gasteiger partial charge on any atom is 0.416 e. The lowest BCUT2D eigenvalue weighted by molar-refractivity contribution is -0.137. The second kappa shape index (κ2) is 6.66. The van der Waals surface area contributed by atoms with E-state index in [1.54, 1.807) is 18.2 Å². The van der Waals surface area contributed by atoms with Crippen molar-refractivity contribution >= 4 is 45.0 Å². The summed E-state index contributed by atoms with van der Waals surface area (Å²) in [5, 5.41) is 2.87. The predicted octanol–water partition coefficient (Wildman–Crippen LogP) is 3.90. The van der Waals surface area contributed by atoms with Crippen LogP contribution in [0.2, 0.25) is 0 Å². The molecule has 0 aromatic heterocycles. The first-order chi connectivity index (χ1) is 15.7. The largest absolute Gasteiger partial charge is 0.416 e. The van der Waals surface area contributed by atoms with Crippen LogP contribution in [0.25, 0.3) is 0 Å². The molecule has 4 heterocycles. The Hall–Kier alpha value is -2.72. The van der Waals surface area contributed by atoms with Crippen LogP contribution >= 0.6 is 15.9 Å². The number of halogens is 4. The lowest BCUT2D eigenvalue weighted by atomic mass is 9.75. The number of fused-ring (bicyclic) bond motifs is 7. The molecule has 3 fully saturated rings. The van der Waals surface area contributed by atoms with Gasteiger partial charge in [-0.1, -0.05) is 22.0 Å². The molecular weight excluding hydrogens is 503 g/mol. The van der Waals surface area contributed by atoms with Gasteiger partial charge < -0.3 is 5.32 Å². The van der Waals surface area contributed by atoms with E-state index in [0.29, 0.717) is 24.2 Å². The average molecular weight is 520 g/mol. The standard InChI is InChI=1S/C23H17BrF3N3O3/c24-12-6-7-15-14(10-12)22(21(33)28-15)18-17(16-5-2-8-29(16)22)19(31)30(20(18)32)13-4-1-3-11(9-13)23(25,26)27/h1,3-4,6-7,9-10,16-18H,2,5,8H2,(H,28,33)/t16-,17-,18+,22-/m1/s1. The van der Waals surface area contributed by atoms with Gasteiger partial charge in [-0.15, -0.1) is 0 Å². The highest BCUT2D eigenvalue weighted by atomic mass is 79.9. The summed E-state index contributed by atoms with van der Waals surface area (Å²) in [6.07, 6.45) is -3.22. The fourth-order valence-electron chi connectivity index (χ4n) is 6.25. The fraction of sp³-hybridized carbons (Fsp3) is 0.348. The molecule has 0 unspecified atom stereocenters. The number of amides is 3. The monoisotopic (exact) mass is 519 g/mol. The number of carbonyl (C=O) groups excluding carboxylic acids is 3. The van der Waals surface area contributed by atoms with E-state index < -0.39 is 40.9 Å². The molecule has 2 aromatic carbocycles. The third-order valence-electron chi connectivity index (χ3n) is 7.39. The number of hydrogen-bond donors (Lipinski definition) is 1. The van der Waals surface area contributed by atoms with Gasteiger partial charge in [0.2, 0.25) is 17.7 Å². The van der Waals surface area contributed by atoms with Gasteiger partial charge in [0, 0.05) is 21.8 Å². The molecule has 4 atom stereocenters. The Morgan fingerprint density at radius 3 is 2.61 bits per heavy atom. The van der Waals surface area contributed by atoms with Crippen LogP contribution in [0.1, 0.15) is 24.0 Å². The number of hydrogen-bond acceptors (Lipinski definition) is 4. The second-order valence-electron chi connectivity index (χ2n) is 8.88. The van der Waals surface area contributed by atoms with Crippen LogP contribution in [-0.4, -0.2) is 35.2 Å². The lowest BCUT2D eigenvalue weighted by Gasteiger charge is -2.36. The minimum Gasteiger partial charge on any atom is -0.324 e. The summed E-state index contributed by atoms with van der Waals surface area (Å²) in [5.74, 6) is -3.37. The van der Waals surface area contributed by atoms with E-state index in [-0.39, 0.29) is 17.6 Å². The number of imide groups is 1. The third-order valence-corrected chi connectivity index (χ3v) is 7.88. The van der Waals surface area contributed by atoms with Crippen molar-refractivity contribution in [2.45, 2.75) is 30.6 Å². The zero-order chi connectivity index (χ0) is 23.3. The molecule has 3 saturated heterocycles. The minimum absolute atomic E-state index is 0.123. The van der Waals surface area contributed by atoms with Crippen molar-refractivity contribution in [1.82, 2.24) is 4.90 Å². The van der Waals surface area contributed by atoms with Crippen LogP contribution in [0, 0.1) is 11.8 Å². The minimum atomic E-state index is -4.61. The molecule has 0 bridgehead atoms. The summed E-state index contributed by atoms with van der Waals surface area (Å²) in [4.78, 5) is 43.7. The van der Waals surface area contributed by atoms with E-state index in [2.05, 4.69) is 21.2 Å². The molecule has 0 aliphatic carbocycles. The zero-order valence-electron chi connectivity index (χ0n) is 17.0. The Labute approximate surface area is 194 Å². The molecule has 2 aromatic rings. The van der Waals surface area contributed by atoms with E-state index in [1.165, 1.54) is 12.1 Å². The topological polar surface area (TPSA) is 69.7 Å². The normalized spacial score (nSPS) is 30.7. The molecular formula is C23H17BrF3N3O3. The van der Waals surface area contributed by atoms with E-state index in [0.717, 1.165) is 27.9 Å². The van der Waals surface area contributed by atoms with Crippen molar-refractivity contribution in [1.29, 1.82) is 0 Å². The van der Waals surface area contributed by atoms with Gasteiger partial charge in [0.25, 0.3) is 0 Å². The summed E-state index contributed by atoms with van der Waals surface area (Å²) in [5.41, 5.74) is -1.24. The van der Waals surface area contributed by atoms with Crippen molar-refractivity contribution in [3.8, 4) is 0 Å². The SMILES string of the molecule is O=C1[C@@H]2[C@H]3CCCN3[C@@]3(C(=O)Nc4ccc(Br)cc43)[C@@H]2C(=O)N1c1cccc(C(F)(F)F)c1. The summed E-state index contributed by atoms with van der Waals surface area (Å²) < 4.78 is 40.6. The number of benzene rings is 2. The molecule has 6 rings (SSSR count). The highest BCUT2D eigenvalue weighted by Gasteiger charge is 2.74. The summed E-state index contributed by atoms with van der Waals surface area (Å²) in [7, 11) is 0. The van der Waals surface area contributed by atoms with Crippen molar-refractivity contribution in [2.75, 3.05) is 16.8 Å². The number of alkyl halides is 3. The first-order valence-corrected chi connectivity index (χ1v) is 11.4. The Bertz CT molecular complexity index is 1250. The first-order valence-electron chi connectivity index (χ1n) is 10.6. The molecule has 0 saturated carbocycles. The number of nitrogens with one attached hydrogen (secondary N) is 1. The molecule has 10 heteroatoms. The van der Waals surface area contributed by atoms with Crippen molar-refractivity contribution in [3.63, 3.8) is 0 Å². The van der Waals surface area contributed by atoms with Gasteiger partial charge in [0.05, 0.1) is 23.1 Å². The second-order valence-corrected chi connectivity index (χ2v) is 9.79. The predicted molar refractivity (Wildman–Crippen MR) is 115 cm³/mol. The van der Waals surface area contributed by atoms with Crippen molar-refractivity contribution < 1.29 is 27.6 Å². The molecule has 1 spiro atoms. The smallest absolute Gasteiger partial charge is 0.324 e. The molecule has 0 radical (unpaired) electrons. The molecule has 33 heavy (non-hydrogen) atoms. The van der Waals surface area contributed by atoms with E-state index >= 15 is 0 Å². The molecule has 4 aliphatic rings. The zero-order valence-corrected chi connectivity index (χ0v) is 18.6. The lowest BCUT2D eigenvalue weighted by Crippen LogP contribution is -2.54.